The maximum absolute atomic E-state index is 13.0. The molecule has 0 aromatic heterocycles. The third kappa shape index (κ3) is 3.76. The summed E-state index contributed by atoms with van der Waals surface area (Å²) >= 11 is 1.74. The first kappa shape index (κ1) is 15.4. The van der Waals surface area contributed by atoms with Crippen LogP contribution in [-0.4, -0.2) is 5.25 Å². The molecule has 3 atom stereocenters. The molecule has 0 heterocycles. The van der Waals surface area contributed by atoms with Gasteiger partial charge >= 0.3 is 0 Å². The molecule has 1 aromatic rings. The Hall–Kier alpha value is -1.01. The molecule has 0 aliphatic heterocycles. The lowest BCUT2D eigenvalue weighted by atomic mass is 9.70. The van der Waals surface area contributed by atoms with E-state index in [0.29, 0.717) is 16.6 Å². The van der Waals surface area contributed by atoms with E-state index in [0.717, 1.165) is 24.2 Å². The summed E-state index contributed by atoms with van der Waals surface area (Å²) in [5, 5.41) is 9.67. The first-order valence-electron chi connectivity index (χ1n) is 7.22. The van der Waals surface area contributed by atoms with Gasteiger partial charge in [-0.25, -0.2) is 4.39 Å². The van der Waals surface area contributed by atoms with Crippen LogP contribution in [0.2, 0.25) is 0 Å². The van der Waals surface area contributed by atoms with Gasteiger partial charge in [-0.3, -0.25) is 0 Å². The summed E-state index contributed by atoms with van der Waals surface area (Å²) in [5.74, 6) is 0.566. The monoisotopic (exact) mass is 291 g/mol. The number of nitriles is 1. The van der Waals surface area contributed by atoms with Gasteiger partial charge < -0.3 is 0 Å². The van der Waals surface area contributed by atoms with Crippen LogP contribution in [0.5, 0.6) is 0 Å². The second kappa shape index (κ2) is 6.18. The van der Waals surface area contributed by atoms with Crippen molar-refractivity contribution in [2.24, 2.45) is 17.3 Å². The molecule has 1 nitrogen and oxygen atoms in total. The Morgan fingerprint density at radius 1 is 1.20 bits per heavy atom. The molecule has 1 aliphatic rings. The van der Waals surface area contributed by atoms with E-state index in [4.69, 9.17) is 0 Å². The number of benzene rings is 1. The van der Waals surface area contributed by atoms with Crippen molar-refractivity contribution < 1.29 is 4.39 Å². The fourth-order valence-electron chi connectivity index (χ4n) is 2.88. The summed E-state index contributed by atoms with van der Waals surface area (Å²) in [4.78, 5) is 1.06. The summed E-state index contributed by atoms with van der Waals surface area (Å²) in [6, 6.07) is 9.08. The second-order valence-corrected chi connectivity index (χ2v) is 8.03. The van der Waals surface area contributed by atoms with Crippen LogP contribution in [0.4, 0.5) is 4.39 Å². The molecule has 2 rings (SSSR count). The van der Waals surface area contributed by atoms with Crippen LogP contribution in [0, 0.1) is 34.4 Å². The lowest BCUT2D eigenvalue weighted by molar-refractivity contribution is 0.169. The first-order chi connectivity index (χ1) is 9.40. The van der Waals surface area contributed by atoms with Crippen LogP contribution in [0.15, 0.2) is 29.2 Å². The predicted molar refractivity (Wildman–Crippen MR) is 81.9 cm³/mol. The van der Waals surface area contributed by atoms with Crippen molar-refractivity contribution in [2.45, 2.75) is 50.2 Å². The number of hydrogen-bond acceptors (Lipinski definition) is 2. The molecule has 1 aliphatic carbocycles. The Bertz CT molecular complexity index is 483. The van der Waals surface area contributed by atoms with E-state index in [-0.39, 0.29) is 11.7 Å². The molecule has 20 heavy (non-hydrogen) atoms. The van der Waals surface area contributed by atoms with Gasteiger partial charge in [-0.15, -0.1) is 11.8 Å². The number of halogens is 1. The summed E-state index contributed by atoms with van der Waals surface area (Å²) in [7, 11) is 0. The van der Waals surface area contributed by atoms with Crippen LogP contribution in [0.25, 0.3) is 0 Å². The molecule has 1 saturated carbocycles. The smallest absolute Gasteiger partial charge is 0.123 e. The van der Waals surface area contributed by atoms with Crippen LogP contribution in [-0.2, 0) is 0 Å². The number of thioether (sulfide) groups is 1. The van der Waals surface area contributed by atoms with Gasteiger partial charge in [-0.1, -0.05) is 20.8 Å². The largest absolute Gasteiger partial charge is 0.207 e. The van der Waals surface area contributed by atoms with Crippen LogP contribution >= 0.6 is 11.8 Å². The summed E-state index contributed by atoms with van der Waals surface area (Å²) in [6.07, 6.45) is 3.20. The number of rotatable bonds is 2. The molecule has 3 unspecified atom stereocenters. The Balaban J connectivity index is 2.09. The van der Waals surface area contributed by atoms with Gasteiger partial charge in [0.2, 0.25) is 0 Å². The summed E-state index contributed by atoms with van der Waals surface area (Å²) in [6.45, 7) is 6.85. The van der Waals surface area contributed by atoms with E-state index in [1.54, 1.807) is 11.8 Å². The highest BCUT2D eigenvalue weighted by Gasteiger charge is 2.36. The first-order valence-corrected chi connectivity index (χ1v) is 8.10. The Kier molecular flexibility index (Phi) is 4.75. The normalized spacial score (nSPS) is 27.1. The Labute approximate surface area is 125 Å². The van der Waals surface area contributed by atoms with Crippen LogP contribution < -0.4 is 0 Å². The second-order valence-electron chi connectivity index (χ2n) is 6.72. The third-order valence-electron chi connectivity index (χ3n) is 4.28. The molecular formula is C17H22FNS. The van der Waals surface area contributed by atoms with E-state index < -0.39 is 0 Å². The van der Waals surface area contributed by atoms with E-state index >= 15 is 0 Å². The predicted octanol–water partition coefficient (Wildman–Crippen LogP) is 5.27. The molecule has 0 bridgehead atoms. The number of nitrogens with zero attached hydrogens (tertiary/aromatic N) is 1. The van der Waals surface area contributed by atoms with Crippen molar-refractivity contribution in [1.29, 1.82) is 5.26 Å². The van der Waals surface area contributed by atoms with Crippen LogP contribution in [0.1, 0.15) is 40.0 Å². The third-order valence-corrected chi connectivity index (χ3v) is 5.65. The highest BCUT2D eigenvalue weighted by Crippen LogP contribution is 2.45. The molecule has 3 heteroatoms. The minimum Gasteiger partial charge on any atom is -0.207 e. The van der Waals surface area contributed by atoms with Crippen molar-refractivity contribution >= 4 is 11.8 Å². The zero-order valence-corrected chi connectivity index (χ0v) is 13.2. The quantitative estimate of drug-likeness (QED) is 0.741. The molecule has 0 N–H and O–H groups in total. The fourth-order valence-corrected chi connectivity index (χ4v) is 4.21. The molecule has 108 valence electrons. The molecule has 0 saturated heterocycles. The summed E-state index contributed by atoms with van der Waals surface area (Å²) in [5.41, 5.74) is 0.294. The molecule has 0 radical (unpaired) electrons. The minimum absolute atomic E-state index is 0.114. The average molecular weight is 291 g/mol. The standard InChI is InChI=1S/C17H22FNS/c1-17(2,3)13-5-4-12(11-19)16(10-13)20-15-8-6-14(18)7-9-15/h6-9,12-13,16H,4-5,10H2,1-3H3. The minimum atomic E-state index is -0.206. The van der Waals surface area contributed by atoms with Crippen molar-refractivity contribution in [3.05, 3.63) is 30.1 Å². The van der Waals surface area contributed by atoms with Gasteiger partial charge in [0.25, 0.3) is 0 Å². The van der Waals surface area contributed by atoms with E-state index in [1.807, 2.05) is 12.1 Å². The van der Waals surface area contributed by atoms with Crippen LogP contribution in [0.3, 0.4) is 0 Å². The molecule has 1 fully saturated rings. The Morgan fingerprint density at radius 3 is 2.40 bits per heavy atom. The van der Waals surface area contributed by atoms with E-state index in [2.05, 4.69) is 26.8 Å². The van der Waals surface area contributed by atoms with Gasteiger partial charge in [0.15, 0.2) is 0 Å². The Morgan fingerprint density at radius 2 is 1.85 bits per heavy atom. The maximum atomic E-state index is 13.0. The lowest BCUT2D eigenvalue weighted by Gasteiger charge is -2.39. The van der Waals surface area contributed by atoms with Crippen molar-refractivity contribution in [2.75, 3.05) is 0 Å². The summed E-state index contributed by atoms with van der Waals surface area (Å²) < 4.78 is 13.0. The van der Waals surface area contributed by atoms with Gasteiger partial charge in [-0.05, 0) is 54.9 Å². The molecule has 0 spiro atoms. The van der Waals surface area contributed by atoms with Gasteiger partial charge in [0.1, 0.15) is 5.82 Å². The number of hydrogen-bond donors (Lipinski definition) is 0. The SMILES string of the molecule is CC(C)(C)C1CCC(C#N)C(Sc2ccc(F)cc2)C1. The van der Waals surface area contributed by atoms with Crippen molar-refractivity contribution in [1.82, 2.24) is 0 Å². The topological polar surface area (TPSA) is 23.8 Å². The molecular weight excluding hydrogens is 269 g/mol. The maximum Gasteiger partial charge on any atom is 0.123 e. The zero-order valence-electron chi connectivity index (χ0n) is 12.4. The fraction of sp³-hybridized carbons (Fsp3) is 0.588. The van der Waals surface area contributed by atoms with Gasteiger partial charge in [0.05, 0.1) is 12.0 Å². The lowest BCUT2D eigenvalue weighted by Crippen LogP contribution is -2.32. The zero-order chi connectivity index (χ0) is 14.8. The van der Waals surface area contributed by atoms with Gasteiger partial charge in [0, 0.05) is 10.1 Å². The van der Waals surface area contributed by atoms with Gasteiger partial charge in [-0.2, -0.15) is 5.26 Å². The average Bonchev–Trinajstić information content (AvgIpc) is 2.40. The molecule has 0 amide bonds. The van der Waals surface area contributed by atoms with E-state index in [9.17, 15) is 9.65 Å². The van der Waals surface area contributed by atoms with Crippen molar-refractivity contribution in [3.63, 3.8) is 0 Å². The molecule has 1 aromatic carbocycles. The highest BCUT2D eigenvalue weighted by molar-refractivity contribution is 8.00. The van der Waals surface area contributed by atoms with Crippen molar-refractivity contribution in [3.8, 4) is 6.07 Å². The highest BCUT2D eigenvalue weighted by atomic mass is 32.2. The van der Waals surface area contributed by atoms with E-state index in [1.165, 1.54) is 12.1 Å².